The molecule has 5 rings (SSSR count). The number of pyridine rings is 1. The fraction of sp³-hybridized carbons (Fsp3) is 0.576. The highest BCUT2D eigenvalue weighted by atomic mass is 32.1. The Balaban J connectivity index is 1.31. The summed E-state index contributed by atoms with van der Waals surface area (Å²) in [4.78, 5) is 41.5. The molecule has 2 aromatic heterocycles. The summed E-state index contributed by atoms with van der Waals surface area (Å²) in [6, 6.07) is 9.55. The summed E-state index contributed by atoms with van der Waals surface area (Å²) < 4.78 is 0. The van der Waals surface area contributed by atoms with E-state index in [-0.39, 0.29) is 23.3 Å². The molecule has 226 valence electrons. The van der Waals surface area contributed by atoms with Crippen molar-refractivity contribution in [2.75, 3.05) is 47.3 Å². The lowest BCUT2D eigenvalue weighted by molar-refractivity contribution is 0.0931. The van der Waals surface area contributed by atoms with Crippen LogP contribution in [0, 0.1) is 17.3 Å². The van der Waals surface area contributed by atoms with Crippen LogP contribution in [0.4, 0.5) is 0 Å². The number of nitrogens with one attached hydrogen (secondary N) is 2. The number of fused-ring (bicyclic) bond motifs is 2. The molecule has 1 aliphatic heterocycles. The van der Waals surface area contributed by atoms with E-state index >= 15 is 0 Å². The minimum atomic E-state index is -0.253. The number of nitrogens with zero attached hydrogens (tertiary/aromatic N) is 4. The van der Waals surface area contributed by atoms with Crippen molar-refractivity contribution < 1.29 is 9.59 Å². The number of aromatic nitrogens is 2. The number of benzene rings is 1. The highest BCUT2D eigenvalue weighted by Gasteiger charge is 2.30. The van der Waals surface area contributed by atoms with Crippen molar-refractivity contribution in [3.63, 3.8) is 0 Å². The van der Waals surface area contributed by atoms with Crippen LogP contribution in [0.1, 0.15) is 83.1 Å². The van der Waals surface area contributed by atoms with Gasteiger partial charge >= 0.3 is 0 Å². The minimum absolute atomic E-state index is 0.0704. The smallest absolute Gasteiger partial charge is 0.280 e. The van der Waals surface area contributed by atoms with Crippen LogP contribution < -0.4 is 10.6 Å². The second-order valence-electron chi connectivity index (χ2n) is 13.6. The molecule has 1 aromatic carbocycles. The van der Waals surface area contributed by atoms with Gasteiger partial charge in [0.2, 0.25) is 0 Å². The molecule has 3 heterocycles. The fourth-order valence-electron chi connectivity index (χ4n) is 6.21. The van der Waals surface area contributed by atoms with Gasteiger partial charge in [-0.3, -0.25) is 9.59 Å². The molecule has 2 N–H and O–H groups in total. The first-order valence-corrected chi connectivity index (χ1v) is 16.1. The molecule has 1 aliphatic carbocycles. The van der Waals surface area contributed by atoms with Crippen molar-refractivity contribution in [2.24, 2.45) is 17.3 Å². The van der Waals surface area contributed by atoms with Gasteiger partial charge in [-0.2, -0.15) is 0 Å². The number of rotatable bonds is 9. The van der Waals surface area contributed by atoms with Crippen molar-refractivity contribution in [3.05, 3.63) is 57.7 Å². The third-order valence-electron chi connectivity index (χ3n) is 8.93. The number of amides is 2. The summed E-state index contributed by atoms with van der Waals surface area (Å²) in [5.41, 5.74) is 5.01. The molecule has 3 aromatic rings. The lowest BCUT2D eigenvalue weighted by atomic mass is 9.71. The molecule has 8 nitrogen and oxygen atoms in total. The van der Waals surface area contributed by atoms with Crippen LogP contribution >= 0.6 is 11.3 Å². The van der Waals surface area contributed by atoms with E-state index in [4.69, 9.17) is 9.97 Å². The van der Waals surface area contributed by atoms with Gasteiger partial charge in [-0.15, -0.1) is 0 Å². The second kappa shape index (κ2) is 12.8. The van der Waals surface area contributed by atoms with E-state index in [0.29, 0.717) is 35.4 Å². The number of aryl methyl sites for hydroxylation is 1. The number of thiazole rings is 1. The molecule has 0 spiro atoms. The Morgan fingerprint density at radius 3 is 2.67 bits per heavy atom. The van der Waals surface area contributed by atoms with Gasteiger partial charge in [-0.25, -0.2) is 9.97 Å². The quantitative estimate of drug-likeness (QED) is 0.367. The third-order valence-corrected chi connectivity index (χ3v) is 9.89. The van der Waals surface area contributed by atoms with Gasteiger partial charge in [-0.1, -0.05) is 44.2 Å². The molecule has 42 heavy (non-hydrogen) atoms. The normalized spacial score (nSPS) is 20.1. The maximum absolute atomic E-state index is 13.6. The van der Waals surface area contributed by atoms with E-state index in [1.54, 1.807) is 0 Å². The van der Waals surface area contributed by atoms with Gasteiger partial charge in [0, 0.05) is 24.3 Å². The molecular weight excluding hydrogens is 544 g/mol. The predicted molar refractivity (Wildman–Crippen MR) is 170 cm³/mol. The highest BCUT2D eigenvalue weighted by Crippen LogP contribution is 2.38. The SMILES string of the molecule is CN(C)CC[C@@H](NC(=O)c1nc2cc3c(nc2s1)CC[C@H](C(C)(C)C)C3)c1cccc(C(=O)NCC2CCN(C)C2)c1. The van der Waals surface area contributed by atoms with E-state index in [2.05, 4.69) is 54.3 Å². The number of carbonyl (C=O) groups excluding carboxylic acids is 2. The van der Waals surface area contributed by atoms with Crippen LogP contribution in [-0.2, 0) is 12.8 Å². The van der Waals surface area contributed by atoms with E-state index < -0.39 is 0 Å². The van der Waals surface area contributed by atoms with E-state index in [1.807, 2.05) is 38.4 Å². The van der Waals surface area contributed by atoms with Gasteiger partial charge in [0.15, 0.2) is 5.01 Å². The largest absolute Gasteiger partial charge is 0.352 e. The van der Waals surface area contributed by atoms with Crippen LogP contribution in [0.2, 0.25) is 0 Å². The topological polar surface area (TPSA) is 90.5 Å². The summed E-state index contributed by atoms with van der Waals surface area (Å²) >= 11 is 1.36. The molecule has 0 saturated carbocycles. The molecule has 9 heteroatoms. The van der Waals surface area contributed by atoms with E-state index in [9.17, 15) is 9.59 Å². The molecule has 0 bridgehead atoms. The molecule has 1 unspecified atom stereocenters. The molecular formula is C33H46N6O2S. The maximum Gasteiger partial charge on any atom is 0.280 e. The van der Waals surface area contributed by atoms with Crippen molar-refractivity contribution in [1.82, 2.24) is 30.4 Å². The molecule has 2 amide bonds. The Hall–Kier alpha value is -2.88. The molecule has 1 fully saturated rings. The number of likely N-dealkylation sites (tertiary alicyclic amines) is 1. The van der Waals surface area contributed by atoms with Gasteiger partial charge in [-0.05, 0) is 113 Å². The van der Waals surface area contributed by atoms with Gasteiger partial charge in [0.25, 0.3) is 11.8 Å². The Labute approximate surface area is 254 Å². The summed E-state index contributed by atoms with van der Waals surface area (Å²) in [5.74, 6) is 0.833. The predicted octanol–water partition coefficient (Wildman–Crippen LogP) is 4.95. The third kappa shape index (κ3) is 7.36. The molecule has 2 aliphatic rings. The zero-order chi connectivity index (χ0) is 30.0. The van der Waals surface area contributed by atoms with Crippen LogP contribution in [-0.4, -0.2) is 78.9 Å². The minimum Gasteiger partial charge on any atom is -0.352 e. The molecule has 3 atom stereocenters. The second-order valence-corrected chi connectivity index (χ2v) is 14.6. The summed E-state index contributed by atoms with van der Waals surface area (Å²) in [5, 5.41) is 6.77. The first kappa shape index (κ1) is 30.6. The molecule has 1 saturated heterocycles. The van der Waals surface area contributed by atoms with Crippen molar-refractivity contribution in [2.45, 2.75) is 58.9 Å². The van der Waals surface area contributed by atoms with Crippen LogP contribution in [0.5, 0.6) is 0 Å². The lowest BCUT2D eigenvalue weighted by Gasteiger charge is -2.34. The number of hydrogen-bond acceptors (Lipinski definition) is 7. The van der Waals surface area contributed by atoms with E-state index in [1.165, 1.54) is 16.9 Å². The molecule has 0 radical (unpaired) electrons. The van der Waals surface area contributed by atoms with E-state index in [0.717, 1.165) is 66.9 Å². The van der Waals surface area contributed by atoms with Crippen LogP contribution in [0.15, 0.2) is 30.3 Å². The average Bonchev–Trinajstić information content (AvgIpc) is 3.57. The Morgan fingerprint density at radius 2 is 1.95 bits per heavy atom. The van der Waals surface area contributed by atoms with Crippen molar-refractivity contribution >= 4 is 33.5 Å². The Morgan fingerprint density at radius 1 is 1.14 bits per heavy atom. The average molecular weight is 591 g/mol. The monoisotopic (exact) mass is 590 g/mol. The van der Waals surface area contributed by atoms with Gasteiger partial charge < -0.3 is 20.4 Å². The van der Waals surface area contributed by atoms with Crippen LogP contribution in [0.25, 0.3) is 10.3 Å². The Bertz CT molecular complexity index is 1430. The zero-order valence-corrected chi connectivity index (χ0v) is 26.8. The Kier molecular flexibility index (Phi) is 9.30. The number of carbonyl (C=O) groups is 2. The van der Waals surface area contributed by atoms with Gasteiger partial charge in [0.05, 0.1) is 6.04 Å². The maximum atomic E-state index is 13.6. The van der Waals surface area contributed by atoms with Gasteiger partial charge in [0.1, 0.15) is 10.3 Å². The first-order chi connectivity index (χ1) is 20.0. The fourth-order valence-corrected chi connectivity index (χ4v) is 7.05. The summed E-state index contributed by atoms with van der Waals surface area (Å²) in [7, 11) is 6.16. The highest BCUT2D eigenvalue weighted by molar-refractivity contribution is 7.19. The van der Waals surface area contributed by atoms with Crippen molar-refractivity contribution in [3.8, 4) is 0 Å². The zero-order valence-electron chi connectivity index (χ0n) is 26.0. The summed E-state index contributed by atoms with van der Waals surface area (Å²) in [6.07, 6.45) is 4.94. The van der Waals surface area contributed by atoms with Crippen molar-refractivity contribution in [1.29, 1.82) is 0 Å². The number of hydrogen-bond donors (Lipinski definition) is 2. The summed E-state index contributed by atoms with van der Waals surface area (Å²) in [6.45, 7) is 10.5. The lowest BCUT2D eigenvalue weighted by Crippen LogP contribution is -2.32. The standard InChI is InChI=1S/C33H46N6O2S/c1-33(2,3)25-10-11-26-24(17-25)18-28-31(36-26)42-32(37-28)30(41)35-27(13-14-38(4)5)22-8-7-9-23(16-22)29(40)34-19-21-12-15-39(6)20-21/h7-9,16,18,21,25,27H,10-15,17,19-20H2,1-6H3,(H,34,40)(H,35,41)/t21?,25-,27+/m0/s1. The first-order valence-electron chi connectivity index (χ1n) is 15.3. The van der Waals surface area contributed by atoms with Crippen LogP contribution in [0.3, 0.4) is 0 Å².